The van der Waals surface area contributed by atoms with Gasteiger partial charge in [-0.2, -0.15) is 0 Å². The molecular weight excluding hydrogens is 316 g/mol. The number of methoxy groups -OCH3 is 2. The summed E-state index contributed by atoms with van der Waals surface area (Å²) < 4.78 is 33.5. The molecule has 2 aromatic rings. The quantitative estimate of drug-likeness (QED) is 0.813. The van der Waals surface area contributed by atoms with Gasteiger partial charge in [-0.1, -0.05) is 12.1 Å². The summed E-state index contributed by atoms with van der Waals surface area (Å²) in [4.78, 5) is 0. The molecule has 0 fully saturated rings. The van der Waals surface area contributed by atoms with Crippen LogP contribution >= 0.6 is 0 Å². The van der Waals surface area contributed by atoms with E-state index < -0.39 is 10.8 Å². The summed E-state index contributed by atoms with van der Waals surface area (Å²) in [5, 5.41) is 0. The fourth-order valence-corrected chi connectivity index (χ4v) is 3.63. The second-order valence-corrected chi connectivity index (χ2v) is 6.56. The number of fused-ring (bicyclic) bond motifs is 1. The summed E-state index contributed by atoms with van der Waals surface area (Å²) >= 11 is 0. The van der Waals surface area contributed by atoms with Crippen LogP contribution in [-0.4, -0.2) is 25.2 Å². The lowest BCUT2D eigenvalue weighted by Gasteiger charge is -2.09. The van der Waals surface area contributed by atoms with E-state index in [0.717, 1.165) is 16.9 Å². The van der Waals surface area contributed by atoms with Gasteiger partial charge < -0.3 is 18.9 Å². The van der Waals surface area contributed by atoms with Crippen molar-refractivity contribution >= 4 is 10.8 Å². The molecule has 0 amide bonds. The molecule has 5 nitrogen and oxygen atoms in total. The van der Waals surface area contributed by atoms with E-state index in [-0.39, 0.29) is 6.79 Å². The molecule has 0 N–H and O–H groups in total. The molecule has 122 valence electrons. The lowest BCUT2D eigenvalue weighted by Crippen LogP contribution is -2.00. The molecule has 0 saturated carbocycles. The molecule has 0 bridgehead atoms. The first-order chi connectivity index (χ1) is 11.2. The van der Waals surface area contributed by atoms with Gasteiger partial charge in [0.1, 0.15) is 0 Å². The molecule has 0 aliphatic carbocycles. The lowest BCUT2D eigenvalue weighted by atomic mass is 10.2. The minimum absolute atomic E-state index is 0.244. The van der Waals surface area contributed by atoms with Gasteiger partial charge in [-0.15, -0.1) is 0 Å². The van der Waals surface area contributed by atoms with Crippen LogP contribution < -0.4 is 18.9 Å². The van der Waals surface area contributed by atoms with E-state index in [1.165, 1.54) is 0 Å². The van der Waals surface area contributed by atoms with Crippen LogP contribution in [0.2, 0.25) is 0 Å². The predicted molar refractivity (Wildman–Crippen MR) is 87.7 cm³/mol. The van der Waals surface area contributed by atoms with Crippen molar-refractivity contribution in [3.63, 3.8) is 0 Å². The molecular formula is C17H18O5S. The zero-order chi connectivity index (χ0) is 16.2. The molecule has 0 spiro atoms. The maximum atomic E-state index is 12.4. The molecule has 6 heteroatoms. The van der Waals surface area contributed by atoms with Gasteiger partial charge in [-0.3, -0.25) is 4.21 Å². The summed E-state index contributed by atoms with van der Waals surface area (Å²) in [5.74, 6) is 3.67. The molecule has 1 aliphatic heterocycles. The molecule has 1 heterocycles. The zero-order valence-corrected chi connectivity index (χ0v) is 13.9. The first kappa shape index (κ1) is 15.7. The fourth-order valence-electron chi connectivity index (χ4n) is 2.42. The van der Waals surface area contributed by atoms with Crippen molar-refractivity contribution in [2.24, 2.45) is 0 Å². The van der Waals surface area contributed by atoms with E-state index in [2.05, 4.69) is 0 Å². The van der Waals surface area contributed by atoms with Gasteiger partial charge in [-0.05, 0) is 35.4 Å². The lowest BCUT2D eigenvalue weighted by molar-refractivity contribution is 0.174. The van der Waals surface area contributed by atoms with Crippen LogP contribution in [0.1, 0.15) is 11.1 Å². The Kier molecular flexibility index (Phi) is 4.71. The minimum Gasteiger partial charge on any atom is -0.493 e. The summed E-state index contributed by atoms with van der Waals surface area (Å²) in [6.07, 6.45) is 0. The Morgan fingerprint density at radius 1 is 0.913 bits per heavy atom. The predicted octanol–water partition coefficient (Wildman–Crippen LogP) is 2.88. The van der Waals surface area contributed by atoms with E-state index in [9.17, 15) is 4.21 Å². The van der Waals surface area contributed by atoms with E-state index in [1.807, 2.05) is 36.4 Å². The van der Waals surface area contributed by atoms with Crippen molar-refractivity contribution in [1.82, 2.24) is 0 Å². The molecule has 3 rings (SSSR count). The Hall–Kier alpha value is -2.21. The molecule has 1 unspecified atom stereocenters. The van der Waals surface area contributed by atoms with Gasteiger partial charge in [0.05, 0.1) is 14.2 Å². The van der Waals surface area contributed by atoms with E-state index in [1.54, 1.807) is 14.2 Å². The number of hydrogen-bond donors (Lipinski definition) is 0. The Morgan fingerprint density at radius 3 is 2.30 bits per heavy atom. The highest BCUT2D eigenvalue weighted by molar-refractivity contribution is 7.83. The van der Waals surface area contributed by atoms with Gasteiger partial charge in [0.2, 0.25) is 6.79 Å². The second-order valence-electron chi connectivity index (χ2n) is 5.11. The van der Waals surface area contributed by atoms with Gasteiger partial charge >= 0.3 is 0 Å². The van der Waals surface area contributed by atoms with Gasteiger partial charge in [0, 0.05) is 22.3 Å². The zero-order valence-electron chi connectivity index (χ0n) is 13.0. The molecule has 0 saturated heterocycles. The summed E-state index contributed by atoms with van der Waals surface area (Å²) in [6.45, 7) is 0.244. The fraction of sp³-hybridized carbons (Fsp3) is 0.294. The molecule has 0 radical (unpaired) electrons. The topological polar surface area (TPSA) is 54.0 Å². The molecule has 2 aromatic carbocycles. The van der Waals surface area contributed by atoms with Crippen molar-refractivity contribution in [3.8, 4) is 23.0 Å². The van der Waals surface area contributed by atoms with Gasteiger partial charge in [-0.25, -0.2) is 0 Å². The molecule has 1 aliphatic rings. The van der Waals surface area contributed by atoms with Crippen molar-refractivity contribution in [2.45, 2.75) is 11.5 Å². The van der Waals surface area contributed by atoms with Crippen LogP contribution in [-0.2, 0) is 22.3 Å². The van der Waals surface area contributed by atoms with E-state index >= 15 is 0 Å². The SMILES string of the molecule is COc1ccc(CS(=O)Cc2ccc3c(c2)OCO3)cc1OC. The average molecular weight is 334 g/mol. The summed E-state index contributed by atoms with van der Waals surface area (Å²) in [6, 6.07) is 11.2. The minimum atomic E-state index is -1.03. The van der Waals surface area contributed by atoms with E-state index in [4.69, 9.17) is 18.9 Å². The Morgan fingerprint density at radius 2 is 1.57 bits per heavy atom. The third-order valence-corrected chi connectivity index (χ3v) is 4.85. The van der Waals surface area contributed by atoms with Crippen LogP contribution in [0.15, 0.2) is 36.4 Å². The van der Waals surface area contributed by atoms with Gasteiger partial charge in [0.15, 0.2) is 23.0 Å². The number of rotatable bonds is 6. The Balaban J connectivity index is 1.67. The van der Waals surface area contributed by atoms with Crippen LogP contribution in [0, 0.1) is 0 Å². The normalized spacial score (nSPS) is 13.7. The number of hydrogen-bond acceptors (Lipinski definition) is 5. The van der Waals surface area contributed by atoms with Crippen molar-refractivity contribution < 1.29 is 23.2 Å². The van der Waals surface area contributed by atoms with Crippen LogP contribution in [0.4, 0.5) is 0 Å². The summed E-state index contributed by atoms with van der Waals surface area (Å²) in [7, 11) is 2.15. The van der Waals surface area contributed by atoms with Gasteiger partial charge in [0.25, 0.3) is 0 Å². The molecule has 1 atom stereocenters. The van der Waals surface area contributed by atoms with Crippen molar-refractivity contribution in [1.29, 1.82) is 0 Å². The number of ether oxygens (including phenoxy) is 4. The first-order valence-electron chi connectivity index (χ1n) is 7.14. The third-order valence-electron chi connectivity index (χ3n) is 3.54. The Bertz CT molecular complexity index is 729. The van der Waals surface area contributed by atoms with Crippen LogP contribution in [0.3, 0.4) is 0 Å². The first-order valence-corrected chi connectivity index (χ1v) is 8.63. The standard InChI is InChI=1S/C17H18O5S/c1-19-14-5-3-12(7-16(14)20-2)9-23(18)10-13-4-6-15-17(8-13)22-11-21-15/h3-8H,9-11H2,1-2H3. The highest BCUT2D eigenvalue weighted by Crippen LogP contribution is 2.33. The van der Waals surface area contributed by atoms with Crippen LogP contribution in [0.5, 0.6) is 23.0 Å². The van der Waals surface area contributed by atoms with Crippen molar-refractivity contribution in [2.75, 3.05) is 21.0 Å². The number of benzene rings is 2. The van der Waals surface area contributed by atoms with E-state index in [0.29, 0.717) is 28.8 Å². The maximum Gasteiger partial charge on any atom is 0.231 e. The highest BCUT2D eigenvalue weighted by atomic mass is 32.2. The monoisotopic (exact) mass is 334 g/mol. The highest BCUT2D eigenvalue weighted by Gasteiger charge is 2.14. The average Bonchev–Trinajstić information content (AvgIpc) is 3.02. The largest absolute Gasteiger partial charge is 0.493 e. The molecule has 0 aromatic heterocycles. The van der Waals surface area contributed by atoms with Crippen LogP contribution in [0.25, 0.3) is 0 Å². The second kappa shape index (κ2) is 6.91. The summed E-state index contributed by atoms with van der Waals surface area (Å²) in [5.41, 5.74) is 1.91. The Labute approximate surface area is 137 Å². The molecule has 23 heavy (non-hydrogen) atoms. The smallest absolute Gasteiger partial charge is 0.231 e. The van der Waals surface area contributed by atoms with Crippen molar-refractivity contribution in [3.05, 3.63) is 47.5 Å². The maximum absolute atomic E-state index is 12.4. The third kappa shape index (κ3) is 3.59.